The molecule has 3 fully saturated rings. The number of rotatable bonds is 6. The Morgan fingerprint density at radius 2 is 1.81 bits per heavy atom. The van der Waals surface area contributed by atoms with Crippen molar-refractivity contribution in [2.24, 2.45) is 5.92 Å². The van der Waals surface area contributed by atoms with Crippen LogP contribution in [0.25, 0.3) is 0 Å². The predicted molar refractivity (Wildman–Crippen MR) is 161 cm³/mol. The number of aromatic hydroxyl groups is 2. The summed E-state index contributed by atoms with van der Waals surface area (Å²) in [7, 11) is 2.92. The van der Waals surface area contributed by atoms with E-state index < -0.39 is 83.4 Å². The van der Waals surface area contributed by atoms with E-state index in [9.17, 15) is 29.7 Å². The van der Waals surface area contributed by atoms with Crippen LogP contribution in [0.15, 0.2) is 18.2 Å². The van der Waals surface area contributed by atoms with Crippen molar-refractivity contribution in [1.82, 2.24) is 4.90 Å². The Labute approximate surface area is 271 Å². The Bertz CT molecular complexity index is 1660. The van der Waals surface area contributed by atoms with Gasteiger partial charge in [0.25, 0.3) is 0 Å². The fourth-order valence-corrected chi connectivity index (χ4v) is 8.05. The van der Waals surface area contributed by atoms with Gasteiger partial charge in [0.05, 0.1) is 42.6 Å². The molecule has 3 N–H and O–H groups in total. The zero-order valence-electron chi connectivity index (χ0n) is 26.8. The van der Waals surface area contributed by atoms with Gasteiger partial charge in [0.1, 0.15) is 29.0 Å². The smallest absolute Gasteiger partial charge is 0.202 e. The normalized spacial score (nSPS) is 33.1. The quantitative estimate of drug-likeness (QED) is 0.332. The number of phenols is 2. The van der Waals surface area contributed by atoms with Gasteiger partial charge in [0.15, 0.2) is 30.4 Å². The summed E-state index contributed by atoms with van der Waals surface area (Å²) in [5.41, 5.74) is -2.84. The number of phenolic OH excluding ortho intramolecular Hbond substituents is 2. The van der Waals surface area contributed by atoms with Crippen LogP contribution in [0.5, 0.6) is 17.2 Å². The van der Waals surface area contributed by atoms with E-state index in [1.54, 1.807) is 27.0 Å². The number of aliphatic hydroxyl groups is 1. The Balaban J connectivity index is 1.30. The highest BCUT2D eigenvalue weighted by atomic mass is 16.7. The van der Waals surface area contributed by atoms with E-state index in [4.69, 9.17) is 28.4 Å². The van der Waals surface area contributed by atoms with E-state index in [0.29, 0.717) is 19.6 Å². The Morgan fingerprint density at radius 3 is 2.51 bits per heavy atom. The Morgan fingerprint density at radius 1 is 1.06 bits per heavy atom. The first-order valence-corrected chi connectivity index (χ1v) is 15.9. The Kier molecular flexibility index (Phi) is 7.94. The van der Waals surface area contributed by atoms with Gasteiger partial charge in [-0.25, -0.2) is 0 Å². The lowest BCUT2D eigenvalue weighted by Crippen LogP contribution is -2.55. The Hall–Kier alpha value is -3.43. The summed E-state index contributed by atoms with van der Waals surface area (Å²) in [4.78, 5) is 43.4. The van der Waals surface area contributed by atoms with Crippen molar-refractivity contribution in [2.75, 3.05) is 27.4 Å². The third-order valence-corrected chi connectivity index (χ3v) is 10.2. The first kappa shape index (κ1) is 32.1. The lowest BCUT2D eigenvalue weighted by atomic mass is 9.70. The second-order valence-electron chi connectivity index (χ2n) is 13.2. The largest absolute Gasteiger partial charge is 0.507 e. The van der Waals surface area contributed by atoms with Crippen molar-refractivity contribution in [3.8, 4) is 17.2 Å². The van der Waals surface area contributed by atoms with Gasteiger partial charge in [-0.15, -0.1) is 0 Å². The molecule has 252 valence electrons. The van der Waals surface area contributed by atoms with E-state index in [1.165, 1.54) is 19.2 Å². The molecule has 2 aromatic carbocycles. The molecule has 3 aliphatic heterocycles. The number of methoxy groups -OCH3 is 2. The number of fused-ring (bicyclic) bond motifs is 6. The number of carbonyl (C=O) groups excluding carboxylic acids is 3. The van der Waals surface area contributed by atoms with Gasteiger partial charge in [-0.2, -0.15) is 0 Å². The second-order valence-corrected chi connectivity index (χ2v) is 13.2. The minimum atomic E-state index is -2.01. The number of carbonyl (C=O) groups is 3. The number of nitrogens with zero attached hydrogens (tertiary/aromatic N) is 1. The van der Waals surface area contributed by atoms with Crippen molar-refractivity contribution in [3.63, 3.8) is 0 Å². The van der Waals surface area contributed by atoms with E-state index in [2.05, 4.69) is 4.90 Å². The molecule has 13 nitrogen and oxygen atoms in total. The third-order valence-electron chi connectivity index (χ3n) is 10.2. The summed E-state index contributed by atoms with van der Waals surface area (Å²) in [6, 6.07) is 4.38. The fraction of sp³-hybridized carbons (Fsp3) is 0.559. The molecule has 0 amide bonds. The highest BCUT2D eigenvalue weighted by molar-refractivity contribution is 6.31. The first-order chi connectivity index (χ1) is 22.4. The molecule has 2 aliphatic carbocycles. The number of benzene rings is 2. The van der Waals surface area contributed by atoms with Gasteiger partial charge < -0.3 is 43.7 Å². The number of morpholine rings is 1. The number of ketones is 3. The number of Topliss-reactive ketones (excluding diaryl/α,β-unsaturated/α-hetero) is 1. The van der Waals surface area contributed by atoms with Gasteiger partial charge >= 0.3 is 0 Å². The SMILES string of the molecule is COc1cccc2c1C(=O)c1c(O)c3c(c(O)c1C2=O)C[C@@](O)(C(=O)C(C)C)C[C@@H]3O[C@H]1CC2[C@H](O[C@@H]3[C@@H](OC)OCCN23)[C@H](C)O1. The molecule has 47 heavy (non-hydrogen) atoms. The zero-order valence-corrected chi connectivity index (χ0v) is 26.8. The molecule has 0 aromatic heterocycles. The molecular weight excluding hydrogens is 614 g/mol. The lowest BCUT2D eigenvalue weighted by molar-refractivity contribution is -0.256. The molecule has 3 saturated heterocycles. The summed E-state index contributed by atoms with van der Waals surface area (Å²) < 4.78 is 35.7. The maximum absolute atomic E-state index is 14.0. The monoisotopic (exact) mass is 653 g/mol. The van der Waals surface area contributed by atoms with Gasteiger partial charge in [-0.05, 0) is 13.0 Å². The second kappa shape index (κ2) is 11.6. The lowest BCUT2D eigenvalue weighted by Gasteiger charge is -2.43. The van der Waals surface area contributed by atoms with Crippen molar-refractivity contribution < 1.29 is 58.1 Å². The number of hydrogen-bond acceptors (Lipinski definition) is 13. The molecule has 7 rings (SSSR count). The fourth-order valence-electron chi connectivity index (χ4n) is 8.05. The van der Waals surface area contributed by atoms with Crippen LogP contribution < -0.4 is 4.74 Å². The molecule has 8 atom stereocenters. The summed E-state index contributed by atoms with van der Waals surface area (Å²) >= 11 is 0. The van der Waals surface area contributed by atoms with Crippen LogP contribution >= 0.6 is 0 Å². The molecule has 0 saturated carbocycles. The molecule has 13 heteroatoms. The van der Waals surface area contributed by atoms with Crippen LogP contribution in [0.1, 0.15) is 82.7 Å². The topological polar surface area (TPSA) is 171 Å². The van der Waals surface area contributed by atoms with E-state index >= 15 is 0 Å². The van der Waals surface area contributed by atoms with Crippen LogP contribution in [0.4, 0.5) is 0 Å². The van der Waals surface area contributed by atoms with Crippen LogP contribution in [-0.2, 0) is 34.9 Å². The molecule has 5 aliphatic rings. The first-order valence-electron chi connectivity index (χ1n) is 15.9. The van der Waals surface area contributed by atoms with E-state index in [0.717, 1.165) is 0 Å². The minimum Gasteiger partial charge on any atom is -0.507 e. The molecule has 2 aromatic rings. The maximum Gasteiger partial charge on any atom is 0.202 e. The molecule has 1 unspecified atom stereocenters. The predicted octanol–water partition coefficient (Wildman–Crippen LogP) is 2.38. The zero-order chi connectivity index (χ0) is 33.5. The van der Waals surface area contributed by atoms with Gasteiger partial charge in [-0.3, -0.25) is 19.3 Å². The molecule has 0 bridgehead atoms. The molecule has 0 radical (unpaired) electrons. The van der Waals surface area contributed by atoms with Gasteiger partial charge in [0, 0.05) is 61.6 Å². The van der Waals surface area contributed by atoms with E-state index in [-0.39, 0.29) is 52.1 Å². The standard InChI is InChI=1S/C34H39NO12/c1-14(2)31(40)34(41)12-17-23(29(39)25-24(27(17)37)26(36)16-7-6-8-19(42-4)22(16)28(25)38)20(13-34)46-21-11-18-30(15(3)45-21)47-32-33(43-5)44-10-9-35(18)32/h6-8,14-15,18,20-21,30,32-33,37,39,41H,9-13H2,1-5H3/t15-,18?,20-,21-,30+,32+,33-,34-/m0/s1. The average Bonchev–Trinajstić information content (AvgIpc) is 3.43. The van der Waals surface area contributed by atoms with Crippen LogP contribution in [-0.4, -0.2) is 108 Å². The van der Waals surface area contributed by atoms with Crippen molar-refractivity contribution in [2.45, 2.75) is 88.8 Å². The van der Waals surface area contributed by atoms with Gasteiger partial charge in [-0.1, -0.05) is 26.0 Å². The van der Waals surface area contributed by atoms with Gasteiger partial charge in [0.2, 0.25) is 5.78 Å². The van der Waals surface area contributed by atoms with Crippen LogP contribution in [0.2, 0.25) is 0 Å². The highest BCUT2D eigenvalue weighted by Gasteiger charge is 2.55. The summed E-state index contributed by atoms with van der Waals surface area (Å²) in [6.07, 6.45) is -4.18. The summed E-state index contributed by atoms with van der Waals surface area (Å²) in [6.45, 7) is 6.21. The van der Waals surface area contributed by atoms with Crippen molar-refractivity contribution in [1.29, 1.82) is 0 Å². The molecular formula is C34H39NO12. The maximum atomic E-state index is 14.0. The number of hydrogen-bond donors (Lipinski definition) is 3. The summed E-state index contributed by atoms with van der Waals surface area (Å²) in [5, 5.41) is 35.4. The van der Waals surface area contributed by atoms with Crippen molar-refractivity contribution >= 4 is 17.3 Å². The minimum absolute atomic E-state index is 0.00341. The highest BCUT2D eigenvalue weighted by Crippen LogP contribution is 2.53. The number of ether oxygens (including phenoxy) is 6. The van der Waals surface area contributed by atoms with Crippen molar-refractivity contribution in [3.05, 3.63) is 51.6 Å². The third kappa shape index (κ3) is 4.82. The van der Waals surface area contributed by atoms with Crippen LogP contribution in [0.3, 0.4) is 0 Å². The summed E-state index contributed by atoms with van der Waals surface area (Å²) in [5.74, 6) is -3.48. The molecule has 0 spiro atoms. The average molecular weight is 654 g/mol. The molecule has 3 heterocycles. The van der Waals surface area contributed by atoms with E-state index in [1.807, 2.05) is 6.92 Å². The van der Waals surface area contributed by atoms with Crippen LogP contribution in [0, 0.1) is 5.92 Å².